The number of hydrogen-bond acceptors (Lipinski definition) is 6. The smallest absolute Gasteiger partial charge is 0.261 e. The minimum absolute atomic E-state index is 0.0537. The molecule has 2 aliphatic rings. The van der Waals surface area contributed by atoms with Crippen LogP contribution in [0.15, 0.2) is 16.6 Å². The summed E-state index contributed by atoms with van der Waals surface area (Å²) < 4.78 is 5.48. The van der Waals surface area contributed by atoms with E-state index in [1.54, 1.807) is 19.2 Å². The van der Waals surface area contributed by atoms with Crippen molar-refractivity contribution in [1.29, 1.82) is 0 Å². The van der Waals surface area contributed by atoms with E-state index in [2.05, 4.69) is 15.9 Å². The van der Waals surface area contributed by atoms with E-state index in [9.17, 15) is 14.7 Å². The minimum Gasteiger partial charge on any atom is -0.503 e. The molecule has 0 bridgehead atoms. The molecule has 3 unspecified atom stereocenters. The average Bonchev–Trinajstić information content (AvgIpc) is 2.93. The molecule has 0 spiro atoms. The zero-order chi connectivity index (χ0) is 16.2. The van der Waals surface area contributed by atoms with Crippen molar-refractivity contribution in [3.63, 3.8) is 0 Å². The predicted molar refractivity (Wildman–Crippen MR) is 79.0 cm³/mol. The molecule has 1 aromatic carbocycles. The number of hydroxylamine groups is 2. The van der Waals surface area contributed by atoms with Crippen LogP contribution in [0, 0.1) is 5.92 Å². The Balaban J connectivity index is 2.07. The number of hydrogen-bond donors (Lipinski definition) is 1. The molecule has 0 aromatic heterocycles. The third kappa shape index (κ3) is 1.94. The number of rotatable bonds is 2. The summed E-state index contributed by atoms with van der Waals surface area (Å²) in [6.07, 6.45) is -0.816. The standard InChI is InChI=1S/C14H15BrN2O5/c1-16-13(19)8-10(17(2)22-12(8)14(16)20)6-4-5-7(21-3)11(18)9(6)15/h4-5,8,10,12,18H,1-3H3. The molecular weight excluding hydrogens is 356 g/mol. The number of likely N-dealkylation sites (N-methyl/N-ethyl adjacent to an activating group) is 1. The van der Waals surface area contributed by atoms with E-state index in [1.807, 2.05) is 0 Å². The van der Waals surface area contributed by atoms with Crippen molar-refractivity contribution in [1.82, 2.24) is 9.96 Å². The summed E-state index contributed by atoms with van der Waals surface area (Å²) in [6, 6.07) is 2.88. The highest BCUT2D eigenvalue weighted by molar-refractivity contribution is 9.10. The number of nitrogens with zero attached hydrogens (tertiary/aromatic N) is 2. The van der Waals surface area contributed by atoms with Gasteiger partial charge in [-0.1, -0.05) is 6.07 Å². The molecule has 2 fully saturated rings. The van der Waals surface area contributed by atoms with Crippen molar-refractivity contribution < 1.29 is 24.3 Å². The van der Waals surface area contributed by atoms with Crippen LogP contribution in [-0.2, 0) is 14.4 Å². The van der Waals surface area contributed by atoms with Crippen molar-refractivity contribution in [3.05, 3.63) is 22.2 Å². The molecule has 2 saturated heterocycles. The summed E-state index contributed by atoms with van der Waals surface area (Å²) in [5.74, 6) is -1.00. The first kappa shape index (κ1) is 15.3. The van der Waals surface area contributed by atoms with Crippen LogP contribution in [0.5, 0.6) is 11.5 Å². The van der Waals surface area contributed by atoms with Crippen LogP contribution >= 0.6 is 15.9 Å². The summed E-state index contributed by atoms with van der Waals surface area (Å²) in [6.45, 7) is 0. The fourth-order valence-corrected chi connectivity index (χ4v) is 3.60. The molecule has 2 heterocycles. The van der Waals surface area contributed by atoms with E-state index < -0.39 is 18.1 Å². The number of carbonyl (C=O) groups excluding carboxylic acids is 2. The van der Waals surface area contributed by atoms with Gasteiger partial charge in [0, 0.05) is 14.1 Å². The Labute approximate surface area is 135 Å². The number of fused-ring (bicyclic) bond motifs is 1. The lowest BCUT2D eigenvalue weighted by molar-refractivity contribution is -0.168. The normalized spacial score (nSPS) is 28.4. The van der Waals surface area contributed by atoms with Gasteiger partial charge in [-0.15, -0.1) is 0 Å². The number of likely N-dealkylation sites (tertiary alicyclic amines) is 1. The number of halogens is 1. The monoisotopic (exact) mass is 370 g/mol. The van der Waals surface area contributed by atoms with E-state index in [0.717, 1.165) is 4.90 Å². The maximum absolute atomic E-state index is 12.3. The molecule has 1 N–H and O–H groups in total. The van der Waals surface area contributed by atoms with Crippen molar-refractivity contribution in [2.45, 2.75) is 12.1 Å². The Kier molecular flexibility index (Phi) is 3.62. The number of imide groups is 1. The first-order chi connectivity index (χ1) is 10.4. The van der Waals surface area contributed by atoms with Gasteiger partial charge in [0.1, 0.15) is 0 Å². The van der Waals surface area contributed by atoms with Gasteiger partial charge in [-0.2, -0.15) is 5.06 Å². The fraction of sp³-hybridized carbons (Fsp3) is 0.429. The minimum atomic E-state index is -0.816. The molecule has 7 nitrogen and oxygen atoms in total. The number of ether oxygens (including phenoxy) is 1. The molecule has 0 aliphatic carbocycles. The summed E-state index contributed by atoms with van der Waals surface area (Å²) in [5.41, 5.74) is 0.657. The summed E-state index contributed by atoms with van der Waals surface area (Å²) in [5, 5.41) is 11.6. The lowest BCUT2D eigenvalue weighted by Crippen LogP contribution is -2.33. The molecule has 0 radical (unpaired) electrons. The Morgan fingerprint density at radius 2 is 1.95 bits per heavy atom. The number of phenols is 1. The van der Waals surface area contributed by atoms with Gasteiger partial charge in [-0.25, -0.2) is 0 Å². The number of amides is 2. The van der Waals surface area contributed by atoms with Gasteiger partial charge in [-0.05, 0) is 27.6 Å². The Hall–Kier alpha value is -1.64. The highest BCUT2D eigenvalue weighted by Gasteiger charge is 2.58. The highest BCUT2D eigenvalue weighted by atomic mass is 79.9. The largest absolute Gasteiger partial charge is 0.503 e. The van der Waals surface area contributed by atoms with Gasteiger partial charge >= 0.3 is 0 Å². The van der Waals surface area contributed by atoms with Gasteiger partial charge in [0.25, 0.3) is 5.91 Å². The second kappa shape index (κ2) is 5.22. The van der Waals surface area contributed by atoms with Crippen molar-refractivity contribution >= 4 is 27.7 Å². The van der Waals surface area contributed by atoms with Crippen LogP contribution in [0.2, 0.25) is 0 Å². The second-order valence-electron chi connectivity index (χ2n) is 5.30. The molecule has 1 aromatic rings. The molecule has 0 saturated carbocycles. The van der Waals surface area contributed by atoms with E-state index in [0.29, 0.717) is 15.8 Å². The van der Waals surface area contributed by atoms with Crippen LogP contribution in [-0.4, -0.2) is 54.2 Å². The molecule has 3 rings (SSSR count). The predicted octanol–water partition coefficient (Wildman–Crippen LogP) is 1.06. The topological polar surface area (TPSA) is 79.3 Å². The molecule has 8 heteroatoms. The molecule has 118 valence electrons. The van der Waals surface area contributed by atoms with Crippen LogP contribution < -0.4 is 4.74 Å². The summed E-state index contributed by atoms with van der Waals surface area (Å²) in [7, 11) is 4.57. The zero-order valence-electron chi connectivity index (χ0n) is 12.2. The number of aromatic hydroxyl groups is 1. The van der Waals surface area contributed by atoms with Gasteiger partial charge < -0.3 is 9.84 Å². The third-order valence-electron chi connectivity index (χ3n) is 4.18. The van der Waals surface area contributed by atoms with Gasteiger partial charge in [0.05, 0.1) is 23.5 Å². The maximum Gasteiger partial charge on any atom is 0.261 e. The van der Waals surface area contributed by atoms with E-state index in [1.165, 1.54) is 19.2 Å². The molecule has 2 amide bonds. The van der Waals surface area contributed by atoms with Crippen LogP contribution in [0.25, 0.3) is 0 Å². The van der Waals surface area contributed by atoms with E-state index in [-0.39, 0.29) is 17.6 Å². The number of methoxy groups -OCH3 is 1. The average molecular weight is 371 g/mol. The van der Waals surface area contributed by atoms with Crippen LogP contribution in [0.4, 0.5) is 0 Å². The number of carbonyl (C=O) groups is 2. The first-order valence-corrected chi connectivity index (χ1v) is 7.44. The fourth-order valence-electron chi connectivity index (χ4n) is 3.03. The van der Waals surface area contributed by atoms with Gasteiger partial charge in [0.2, 0.25) is 5.91 Å². The van der Waals surface area contributed by atoms with Gasteiger partial charge in [0.15, 0.2) is 17.6 Å². The first-order valence-electron chi connectivity index (χ1n) is 6.64. The van der Waals surface area contributed by atoms with Crippen molar-refractivity contribution in [2.24, 2.45) is 5.92 Å². The Morgan fingerprint density at radius 1 is 1.27 bits per heavy atom. The maximum atomic E-state index is 12.3. The quantitative estimate of drug-likeness (QED) is 0.784. The van der Waals surface area contributed by atoms with Crippen LogP contribution in [0.3, 0.4) is 0 Å². The molecule has 3 atom stereocenters. The Bertz CT molecular complexity index is 665. The Morgan fingerprint density at radius 3 is 2.59 bits per heavy atom. The molecule has 22 heavy (non-hydrogen) atoms. The van der Waals surface area contributed by atoms with E-state index in [4.69, 9.17) is 9.57 Å². The summed E-state index contributed by atoms with van der Waals surface area (Å²) >= 11 is 3.33. The SMILES string of the molecule is COc1ccc(C2C3C(=O)N(C)C(=O)C3ON2C)c(Br)c1O. The van der Waals surface area contributed by atoms with Gasteiger partial charge in [-0.3, -0.25) is 19.3 Å². The zero-order valence-corrected chi connectivity index (χ0v) is 13.8. The second-order valence-corrected chi connectivity index (χ2v) is 6.09. The van der Waals surface area contributed by atoms with Crippen LogP contribution in [0.1, 0.15) is 11.6 Å². The number of benzene rings is 1. The van der Waals surface area contributed by atoms with Crippen molar-refractivity contribution in [3.8, 4) is 11.5 Å². The lowest BCUT2D eigenvalue weighted by Gasteiger charge is -2.24. The van der Waals surface area contributed by atoms with E-state index >= 15 is 0 Å². The summed E-state index contributed by atoms with van der Waals surface area (Å²) in [4.78, 5) is 31.0. The number of phenolic OH excluding ortho intramolecular Hbond substituents is 1. The molecular formula is C14H15BrN2O5. The molecule has 2 aliphatic heterocycles. The van der Waals surface area contributed by atoms with Crippen molar-refractivity contribution in [2.75, 3.05) is 21.2 Å². The highest BCUT2D eigenvalue weighted by Crippen LogP contribution is 2.48. The lowest BCUT2D eigenvalue weighted by atomic mass is 9.91. The third-order valence-corrected chi connectivity index (χ3v) is 5.01.